The highest BCUT2D eigenvalue weighted by Crippen LogP contribution is 2.23. The molecule has 0 radical (unpaired) electrons. The number of hydrogen-bond donors (Lipinski definition) is 1. The van der Waals surface area contributed by atoms with Crippen molar-refractivity contribution in [1.29, 1.82) is 0 Å². The van der Waals surface area contributed by atoms with E-state index in [9.17, 15) is 4.39 Å². The molecule has 1 saturated heterocycles. The van der Waals surface area contributed by atoms with Crippen LogP contribution in [0.4, 0.5) is 10.1 Å². The van der Waals surface area contributed by atoms with Crippen LogP contribution in [0.5, 0.6) is 0 Å². The smallest absolute Gasteiger partial charge is 0.126 e. The summed E-state index contributed by atoms with van der Waals surface area (Å²) in [6, 6.07) is 5.63. The van der Waals surface area contributed by atoms with Crippen molar-refractivity contribution in [2.45, 2.75) is 45.8 Å². The zero-order chi connectivity index (χ0) is 13.1. The Labute approximate surface area is 109 Å². The van der Waals surface area contributed by atoms with Crippen LogP contribution in [0, 0.1) is 18.7 Å². The summed E-state index contributed by atoms with van der Waals surface area (Å²) in [4.78, 5) is 0. The maximum atomic E-state index is 13.2. The molecule has 0 aromatic heterocycles. The fourth-order valence-corrected chi connectivity index (χ4v) is 2.39. The van der Waals surface area contributed by atoms with Gasteiger partial charge in [0, 0.05) is 18.3 Å². The molecule has 0 aliphatic carbocycles. The molecule has 1 N–H and O–H groups in total. The quantitative estimate of drug-likeness (QED) is 0.883. The fraction of sp³-hybridized carbons (Fsp3) is 0.600. The van der Waals surface area contributed by atoms with Crippen LogP contribution >= 0.6 is 0 Å². The van der Waals surface area contributed by atoms with Gasteiger partial charge >= 0.3 is 0 Å². The Morgan fingerprint density at radius 1 is 1.39 bits per heavy atom. The molecule has 2 unspecified atom stereocenters. The van der Waals surface area contributed by atoms with Gasteiger partial charge in [0.1, 0.15) is 5.82 Å². The Morgan fingerprint density at radius 2 is 2.17 bits per heavy atom. The largest absolute Gasteiger partial charge is 0.382 e. The molecule has 2 nitrogen and oxygen atoms in total. The molecular weight excluding hydrogens is 229 g/mol. The average Bonchev–Trinajstić information content (AvgIpc) is 2.34. The summed E-state index contributed by atoms with van der Waals surface area (Å²) >= 11 is 0. The first-order valence-electron chi connectivity index (χ1n) is 6.70. The summed E-state index contributed by atoms with van der Waals surface area (Å²) in [5, 5.41) is 3.49. The van der Waals surface area contributed by atoms with Gasteiger partial charge in [0.15, 0.2) is 0 Å². The first kappa shape index (κ1) is 13.3. The fourth-order valence-electron chi connectivity index (χ4n) is 2.39. The third kappa shape index (κ3) is 3.22. The van der Waals surface area contributed by atoms with Crippen LogP contribution in [0.3, 0.4) is 0 Å². The summed E-state index contributed by atoms with van der Waals surface area (Å²) in [6.45, 7) is 6.98. The van der Waals surface area contributed by atoms with Crippen LogP contribution in [-0.2, 0) is 4.74 Å². The Kier molecular flexibility index (Phi) is 4.23. The molecule has 3 heteroatoms. The minimum Gasteiger partial charge on any atom is -0.382 e. The van der Waals surface area contributed by atoms with E-state index in [0.717, 1.165) is 25.1 Å². The molecule has 2 atom stereocenters. The lowest BCUT2D eigenvalue weighted by atomic mass is 9.95. The Bertz CT molecular complexity index is 405. The molecule has 0 spiro atoms. The van der Waals surface area contributed by atoms with E-state index in [-0.39, 0.29) is 5.82 Å². The standard InChI is InChI=1S/C15H22FNO/c1-10(2)15-9-13(6-7-18-15)17-12-4-5-14(16)11(3)8-12/h4-5,8,10,13,15,17H,6-7,9H2,1-3H3. The van der Waals surface area contributed by atoms with Gasteiger partial charge in [-0.25, -0.2) is 4.39 Å². The lowest BCUT2D eigenvalue weighted by Gasteiger charge is -2.33. The molecule has 0 amide bonds. The van der Waals surface area contributed by atoms with Crippen LogP contribution in [0.15, 0.2) is 18.2 Å². The third-order valence-corrected chi connectivity index (χ3v) is 3.59. The molecule has 1 aromatic rings. The number of anilines is 1. The highest BCUT2D eigenvalue weighted by atomic mass is 19.1. The topological polar surface area (TPSA) is 21.3 Å². The van der Waals surface area contributed by atoms with Gasteiger partial charge in [-0.1, -0.05) is 13.8 Å². The van der Waals surface area contributed by atoms with Crippen molar-refractivity contribution in [3.05, 3.63) is 29.6 Å². The van der Waals surface area contributed by atoms with Crippen LogP contribution < -0.4 is 5.32 Å². The number of halogens is 1. The van der Waals surface area contributed by atoms with E-state index in [0.29, 0.717) is 23.6 Å². The van der Waals surface area contributed by atoms with E-state index in [4.69, 9.17) is 4.74 Å². The highest BCUT2D eigenvalue weighted by molar-refractivity contribution is 5.46. The molecule has 1 fully saturated rings. The maximum absolute atomic E-state index is 13.2. The summed E-state index contributed by atoms with van der Waals surface area (Å²) in [6.07, 6.45) is 2.37. The molecule has 2 rings (SSSR count). The van der Waals surface area contributed by atoms with Crippen molar-refractivity contribution in [1.82, 2.24) is 0 Å². The van der Waals surface area contributed by atoms with E-state index >= 15 is 0 Å². The van der Waals surface area contributed by atoms with Crippen molar-refractivity contribution in [3.63, 3.8) is 0 Å². The van der Waals surface area contributed by atoms with Crippen molar-refractivity contribution >= 4 is 5.69 Å². The lowest BCUT2D eigenvalue weighted by Crippen LogP contribution is -2.36. The second-order valence-corrected chi connectivity index (χ2v) is 5.48. The van der Waals surface area contributed by atoms with Gasteiger partial charge in [0.2, 0.25) is 0 Å². The number of aryl methyl sites for hydroxylation is 1. The predicted octanol–water partition coefficient (Wildman–Crippen LogP) is 3.75. The first-order valence-corrected chi connectivity index (χ1v) is 6.70. The van der Waals surface area contributed by atoms with E-state index < -0.39 is 0 Å². The molecule has 1 aromatic carbocycles. The predicted molar refractivity (Wildman–Crippen MR) is 72.4 cm³/mol. The van der Waals surface area contributed by atoms with E-state index in [1.54, 1.807) is 6.92 Å². The van der Waals surface area contributed by atoms with Crippen LogP contribution in [0.2, 0.25) is 0 Å². The van der Waals surface area contributed by atoms with Gasteiger partial charge in [-0.3, -0.25) is 0 Å². The average molecular weight is 251 g/mol. The molecule has 18 heavy (non-hydrogen) atoms. The minimum atomic E-state index is -0.146. The molecule has 0 bridgehead atoms. The normalized spacial score (nSPS) is 24.3. The van der Waals surface area contributed by atoms with E-state index in [1.165, 1.54) is 6.07 Å². The number of ether oxygens (including phenoxy) is 1. The number of rotatable bonds is 3. The summed E-state index contributed by atoms with van der Waals surface area (Å²) in [5.41, 5.74) is 1.69. The number of benzene rings is 1. The first-order chi connectivity index (χ1) is 8.56. The summed E-state index contributed by atoms with van der Waals surface area (Å²) in [5.74, 6) is 0.400. The molecule has 1 aliphatic heterocycles. The Morgan fingerprint density at radius 3 is 2.83 bits per heavy atom. The zero-order valence-electron chi connectivity index (χ0n) is 11.4. The molecule has 100 valence electrons. The summed E-state index contributed by atoms with van der Waals surface area (Å²) < 4.78 is 18.9. The van der Waals surface area contributed by atoms with Crippen LogP contribution in [0.25, 0.3) is 0 Å². The minimum absolute atomic E-state index is 0.146. The molecule has 0 saturated carbocycles. The van der Waals surface area contributed by atoms with Crippen LogP contribution in [0.1, 0.15) is 32.3 Å². The number of nitrogens with one attached hydrogen (secondary N) is 1. The zero-order valence-corrected chi connectivity index (χ0v) is 11.4. The Balaban J connectivity index is 1.98. The third-order valence-electron chi connectivity index (χ3n) is 3.59. The highest BCUT2D eigenvalue weighted by Gasteiger charge is 2.24. The van der Waals surface area contributed by atoms with Gasteiger partial charge in [-0.2, -0.15) is 0 Å². The van der Waals surface area contributed by atoms with Gasteiger partial charge < -0.3 is 10.1 Å². The summed E-state index contributed by atoms with van der Waals surface area (Å²) in [7, 11) is 0. The van der Waals surface area contributed by atoms with Crippen molar-refractivity contribution < 1.29 is 9.13 Å². The van der Waals surface area contributed by atoms with Gasteiger partial charge in [-0.15, -0.1) is 0 Å². The molecule has 1 heterocycles. The maximum Gasteiger partial charge on any atom is 0.126 e. The van der Waals surface area contributed by atoms with E-state index in [2.05, 4.69) is 19.2 Å². The molecule has 1 aliphatic rings. The van der Waals surface area contributed by atoms with Crippen LogP contribution in [-0.4, -0.2) is 18.8 Å². The molecular formula is C15H22FNO. The second-order valence-electron chi connectivity index (χ2n) is 5.48. The monoisotopic (exact) mass is 251 g/mol. The SMILES string of the molecule is Cc1cc(NC2CCOC(C(C)C)C2)ccc1F. The lowest BCUT2D eigenvalue weighted by molar-refractivity contribution is -0.0160. The Hall–Kier alpha value is -1.09. The van der Waals surface area contributed by atoms with Crippen molar-refractivity contribution in [2.75, 3.05) is 11.9 Å². The second kappa shape index (κ2) is 5.70. The van der Waals surface area contributed by atoms with Gasteiger partial charge in [-0.05, 0) is 49.4 Å². The van der Waals surface area contributed by atoms with Crippen molar-refractivity contribution in [2.24, 2.45) is 5.92 Å². The van der Waals surface area contributed by atoms with Crippen molar-refractivity contribution in [3.8, 4) is 0 Å². The number of hydrogen-bond acceptors (Lipinski definition) is 2. The van der Waals surface area contributed by atoms with Gasteiger partial charge in [0.25, 0.3) is 0 Å². The van der Waals surface area contributed by atoms with Gasteiger partial charge in [0.05, 0.1) is 6.10 Å². The van der Waals surface area contributed by atoms with E-state index in [1.807, 2.05) is 12.1 Å².